The predicted octanol–water partition coefficient (Wildman–Crippen LogP) is 4.64. The van der Waals surface area contributed by atoms with E-state index < -0.39 is 16.8 Å². The van der Waals surface area contributed by atoms with Crippen molar-refractivity contribution in [2.24, 2.45) is 0 Å². The second-order valence-corrected chi connectivity index (χ2v) is 7.80. The number of halogens is 2. The second kappa shape index (κ2) is 9.24. The molecule has 0 aliphatic rings. The molecule has 0 aliphatic heterocycles. The lowest BCUT2D eigenvalue weighted by Crippen LogP contribution is -2.19. The number of nitro groups is 1. The number of thiophene rings is 1. The van der Waals surface area contributed by atoms with Crippen molar-refractivity contribution in [3.05, 3.63) is 61.8 Å². The molecule has 0 unspecified atom stereocenters. The maximum atomic E-state index is 12.4. The number of hydrogen-bond donors (Lipinski definition) is 1. The lowest BCUT2D eigenvalue weighted by atomic mass is 10.2. The van der Waals surface area contributed by atoms with Crippen molar-refractivity contribution in [1.29, 1.82) is 0 Å². The monoisotopic (exact) mass is 468 g/mol. The minimum atomic E-state index is -0.658. The third-order valence-electron chi connectivity index (χ3n) is 3.80. The highest BCUT2D eigenvalue weighted by Gasteiger charge is 2.21. The summed E-state index contributed by atoms with van der Waals surface area (Å²) in [6, 6.07) is 6.56. The zero-order chi connectivity index (χ0) is 21.8. The molecule has 1 N–H and O–H groups in total. The molecule has 9 nitrogen and oxygen atoms in total. The van der Waals surface area contributed by atoms with Gasteiger partial charge in [0.25, 0.3) is 0 Å². The number of aromatic nitrogens is 2. The van der Waals surface area contributed by atoms with Crippen LogP contribution in [0.4, 0.5) is 11.5 Å². The van der Waals surface area contributed by atoms with Gasteiger partial charge >= 0.3 is 11.8 Å². The Morgan fingerprint density at radius 1 is 1.33 bits per heavy atom. The van der Waals surface area contributed by atoms with Gasteiger partial charge in [-0.05, 0) is 35.0 Å². The fraction of sp³-hybridized carbons (Fsp3) is 0.167. The van der Waals surface area contributed by atoms with Crippen LogP contribution in [0.3, 0.4) is 0 Å². The molecule has 0 fully saturated rings. The second-order valence-electron chi connectivity index (χ2n) is 5.91. The predicted molar refractivity (Wildman–Crippen MR) is 113 cm³/mol. The van der Waals surface area contributed by atoms with Crippen molar-refractivity contribution in [1.82, 2.24) is 9.55 Å². The Hall–Kier alpha value is -2.95. The SMILES string of the molecule is CCOC(=O)c1sc(-c2ccc(Cl)cc2Cl)cc1NC(=O)Cn1cnc([N+](=O)[O-])c1. The minimum Gasteiger partial charge on any atom is -0.462 e. The molecular formula is C18H14Cl2N4O5S. The maximum absolute atomic E-state index is 12.4. The summed E-state index contributed by atoms with van der Waals surface area (Å²) in [5, 5.41) is 14.2. The van der Waals surface area contributed by atoms with E-state index in [1.165, 1.54) is 10.9 Å². The Labute approximate surface area is 184 Å². The Morgan fingerprint density at radius 3 is 2.73 bits per heavy atom. The van der Waals surface area contributed by atoms with Crippen LogP contribution in [-0.4, -0.2) is 33.0 Å². The first kappa shape index (κ1) is 21.8. The summed E-state index contributed by atoms with van der Waals surface area (Å²) >= 11 is 13.3. The molecule has 0 spiro atoms. The van der Waals surface area contributed by atoms with Crippen molar-refractivity contribution in [2.45, 2.75) is 13.5 Å². The molecule has 2 heterocycles. The minimum absolute atomic E-state index is 0.167. The lowest BCUT2D eigenvalue weighted by molar-refractivity contribution is -0.389. The molecule has 0 bridgehead atoms. The van der Waals surface area contributed by atoms with Gasteiger partial charge in [0.1, 0.15) is 17.6 Å². The Kier molecular flexibility index (Phi) is 6.70. The number of esters is 1. The van der Waals surface area contributed by atoms with Crippen LogP contribution in [0.2, 0.25) is 10.0 Å². The highest BCUT2D eigenvalue weighted by molar-refractivity contribution is 7.18. The van der Waals surface area contributed by atoms with E-state index in [-0.39, 0.29) is 29.5 Å². The van der Waals surface area contributed by atoms with Crippen LogP contribution < -0.4 is 5.32 Å². The van der Waals surface area contributed by atoms with E-state index in [1.807, 2.05) is 0 Å². The highest BCUT2D eigenvalue weighted by atomic mass is 35.5. The summed E-state index contributed by atoms with van der Waals surface area (Å²) in [7, 11) is 0. The lowest BCUT2D eigenvalue weighted by Gasteiger charge is -2.06. The van der Waals surface area contributed by atoms with Gasteiger partial charge in [0.15, 0.2) is 0 Å². The van der Waals surface area contributed by atoms with E-state index >= 15 is 0 Å². The summed E-state index contributed by atoms with van der Waals surface area (Å²) in [4.78, 5) is 39.3. The van der Waals surface area contributed by atoms with Crippen molar-refractivity contribution >= 4 is 57.9 Å². The molecule has 12 heteroatoms. The number of nitrogens with zero attached hydrogens (tertiary/aromatic N) is 3. The van der Waals surface area contributed by atoms with Crippen molar-refractivity contribution < 1.29 is 19.2 Å². The van der Waals surface area contributed by atoms with E-state index in [4.69, 9.17) is 27.9 Å². The average molecular weight is 469 g/mol. The molecule has 0 aliphatic carbocycles. The van der Waals surface area contributed by atoms with Crippen molar-refractivity contribution in [3.63, 3.8) is 0 Å². The molecule has 0 atom stereocenters. The van der Waals surface area contributed by atoms with E-state index in [0.29, 0.717) is 20.5 Å². The van der Waals surface area contributed by atoms with Crippen LogP contribution in [-0.2, 0) is 16.1 Å². The van der Waals surface area contributed by atoms with Crippen molar-refractivity contribution in [3.8, 4) is 10.4 Å². The first-order valence-electron chi connectivity index (χ1n) is 8.51. The van der Waals surface area contributed by atoms with Crippen LogP contribution in [0, 0.1) is 10.1 Å². The number of hydrogen-bond acceptors (Lipinski definition) is 7. The van der Waals surface area contributed by atoms with E-state index in [2.05, 4.69) is 10.3 Å². The molecule has 156 valence electrons. The molecule has 0 radical (unpaired) electrons. The highest BCUT2D eigenvalue weighted by Crippen LogP contribution is 2.39. The third kappa shape index (κ3) is 4.96. The average Bonchev–Trinajstić information content (AvgIpc) is 3.29. The largest absolute Gasteiger partial charge is 0.462 e. The molecule has 1 amide bonds. The van der Waals surface area contributed by atoms with Gasteiger partial charge in [0.2, 0.25) is 12.2 Å². The maximum Gasteiger partial charge on any atom is 0.381 e. The topological polar surface area (TPSA) is 116 Å². The van der Waals surface area contributed by atoms with Crippen LogP contribution >= 0.6 is 34.5 Å². The van der Waals surface area contributed by atoms with Crippen LogP contribution in [0.15, 0.2) is 36.8 Å². The fourth-order valence-corrected chi connectivity index (χ4v) is 4.15. The Balaban J connectivity index is 1.87. The molecule has 3 rings (SSSR count). The Morgan fingerprint density at radius 2 is 2.10 bits per heavy atom. The number of ether oxygens (including phenoxy) is 1. The summed E-state index contributed by atoms with van der Waals surface area (Å²) < 4.78 is 6.34. The summed E-state index contributed by atoms with van der Waals surface area (Å²) in [6.07, 6.45) is 2.31. The zero-order valence-electron chi connectivity index (χ0n) is 15.4. The van der Waals surface area contributed by atoms with Gasteiger partial charge in [0.05, 0.1) is 17.3 Å². The van der Waals surface area contributed by atoms with Gasteiger partial charge in [-0.1, -0.05) is 29.3 Å². The van der Waals surface area contributed by atoms with E-state index in [0.717, 1.165) is 17.5 Å². The smallest absolute Gasteiger partial charge is 0.381 e. The van der Waals surface area contributed by atoms with Gasteiger partial charge < -0.3 is 24.7 Å². The first-order chi connectivity index (χ1) is 14.3. The van der Waals surface area contributed by atoms with E-state index in [9.17, 15) is 19.7 Å². The number of rotatable bonds is 7. The number of benzene rings is 1. The molecular weight excluding hydrogens is 455 g/mol. The van der Waals surface area contributed by atoms with Crippen LogP contribution in [0.1, 0.15) is 16.6 Å². The third-order valence-corrected chi connectivity index (χ3v) is 5.49. The quantitative estimate of drug-likeness (QED) is 0.306. The van der Waals surface area contributed by atoms with Crippen LogP contribution in [0.5, 0.6) is 0 Å². The normalized spacial score (nSPS) is 10.6. The summed E-state index contributed by atoms with van der Waals surface area (Å²) in [5.74, 6) is -1.46. The molecule has 3 aromatic rings. The number of carbonyl (C=O) groups is 2. The van der Waals surface area contributed by atoms with Gasteiger partial charge in [-0.2, -0.15) is 0 Å². The first-order valence-corrected chi connectivity index (χ1v) is 10.1. The number of nitrogens with one attached hydrogen (secondary N) is 1. The molecule has 0 saturated heterocycles. The number of anilines is 1. The standard InChI is InChI=1S/C18H14Cl2N4O5S/c1-2-29-18(26)17-13(6-14(30-17)11-4-3-10(19)5-12(11)20)22-16(25)8-23-7-15(21-9-23)24(27)28/h3-7,9H,2,8H2,1H3,(H,22,25). The zero-order valence-corrected chi connectivity index (χ0v) is 17.8. The number of carbonyl (C=O) groups excluding carboxylic acids is 2. The molecule has 0 saturated carbocycles. The number of imidazole rings is 1. The summed E-state index contributed by atoms with van der Waals surface area (Å²) in [5.41, 5.74) is 0.890. The molecule has 1 aromatic carbocycles. The van der Waals surface area contributed by atoms with Gasteiger partial charge in [-0.3, -0.25) is 4.79 Å². The van der Waals surface area contributed by atoms with Crippen LogP contribution in [0.25, 0.3) is 10.4 Å². The van der Waals surface area contributed by atoms with Gasteiger partial charge in [-0.25, -0.2) is 4.79 Å². The van der Waals surface area contributed by atoms with Crippen molar-refractivity contribution in [2.75, 3.05) is 11.9 Å². The Bertz CT molecular complexity index is 1130. The molecule has 30 heavy (non-hydrogen) atoms. The van der Waals surface area contributed by atoms with E-state index in [1.54, 1.807) is 31.2 Å². The van der Waals surface area contributed by atoms with Gasteiger partial charge in [-0.15, -0.1) is 11.3 Å². The summed E-state index contributed by atoms with van der Waals surface area (Å²) in [6.45, 7) is 1.61. The fourth-order valence-electron chi connectivity index (χ4n) is 2.54. The number of amides is 1. The van der Waals surface area contributed by atoms with Gasteiger partial charge in [0, 0.05) is 15.5 Å². The molecule has 2 aromatic heterocycles.